The van der Waals surface area contributed by atoms with Crippen molar-refractivity contribution < 1.29 is 19.1 Å². The molecule has 0 saturated heterocycles. The van der Waals surface area contributed by atoms with Crippen molar-refractivity contribution in [2.24, 2.45) is 0 Å². The Morgan fingerprint density at radius 3 is 2.64 bits per heavy atom. The highest BCUT2D eigenvalue weighted by atomic mass is 16.5. The Balaban J connectivity index is 1.88. The summed E-state index contributed by atoms with van der Waals surface area (Å²) in [5, 5.41) is 0. The van der Waals surface area contributed by atoms with Crippen LogP contribution in [0.5, 0.6) is 5.75 Å². The number of methoxy groups -OCH3 is 1. The number of hydrogen-bond donors (Lipinski definition) is 0. The summed E-state index contributed by atoms with van der Waals surface area (Å²) >= 11 is 0. The molecule has 0 unspecified atom stereocenters. The maximum atomic E-state index is 12.8. The number of rotatable bonds is 4. The van der Waals surface area contributed by atoms with Crippen molar-refractivity contribution in [3.05, 3.63) is 66.2 Å². The normalized spacial score (nSPS) is 16.2. The Kier molecular flexibility index (Phi) is 5.14. The number of para-hydroxylation sites is 2. The molecule has 0 spiro atoms. The minimum Gasteiger partial charge on any atom is -0.489 e. The summed E-state index contributed by atoms with van der Waals surface area (Å²) in [4.78, 5) is 26.2. The number of fused-ring (bicyclic) bond motifs is 1. The van der Waals surface area contributed by atoms with Crippen molar-refractivity contribution in [2.45, 2.75) is 12.5 Å². The van der Waals surface area contributed by atoms with Gasteiger partial charge in [-0.3, -0.25) is 14.5 Å². The molecule has 0 aliphatic carbocycles. The molecule has 1 atom stereocenters. The van der Waals surface area contributed by atoms with Crippen LogP contribution in [0, 0.1) is 0 Å². The van der Waals surface area contributed by atoms with E-state index in [4.69, 9.17) is 9.47 Å². The van der Waals surface area contributed by atoms with Crippen LogP contribution in [0.1, 0.15) is 12.0 Å². The summed E-state index contributed by atoms with van der Waals surface area (Å²) in [7, 11) is 1.33. The zero-order valence-corrected chi connectivity index (χ0v) is 13.9. The number of esters is 1. The highest BCUT2D eigenvalue weighted by Crippen LogP contribution is 2.34. The third kappa shape index (κ3) is 3.88. The van der Waals surface area contributed by atoms with Crippen LogP contribution in [-0.2, 0) is 14.3 Å². The van der Waals surface area contributed by atoms with E-state index in [1.165, 1.54) is 13.2 Å². The standard InChI is InChI=1S/C20H19NO4/c1-24-20(23)13-16-14-25-18-10-6-5-9-17(18)21(16)19(22)12-11-15-7-3-2-4-8-15/h2-12,16H,13-14H2,1H3/b12-11+/t16-/m0/s1. The highest BCUT2D eigenvalue weighted by molar-refractivity contribution is 6.05. The van der Waals surface area contributed by atoms with Crippen LogP contribution < -0.4 is 9.64 Å². The number of anilines is 1. The minimum absolute atomic E-state index is 0.0791. The second kappa shape index (κ2) is 7.66. The quantitative estimate of drug-likeness (QED) is 0.636. The van der Waals surface area contributed by atoms with Crippen molar-refractivity contribution in [2.75, 3.05) is 18.6 Å². The van der Waals surface area contributed by atoms with Gasteiger partial charge in [0.2, 0.25) is 0 Å². The lowest BCUT2D eigenvalue weighted by atomic mass is 10.1. The second-order valence-electron chi connectivity index (χ2n) is 5.67. The van der Waals surface area contributed by atoms with E-state index in [9.17, 15) is 9.59 Å². The van der Waals surface area contributed by atoms with Gasteiger partial charge >= 0.3 is 5.97 Å². The SMILES string of the molecule is COC(=O)C[C@H]1COc2ccccc2N1C(=O)/C=C/c1ccccc1. The van der Waals surface area contributed by atoms with Crippen LogP contribution in [0.25, 0.3) is 6.08 Å². The van der Waals surface area contributed by atoms with Crippen molar-refractivity contribution in [1.82, 2.24) is 0 Å². The van der Waals surface area contributed by atoms with Gasteiger partial charge in [0, 0.05) is 6.08 Å². The fourth-order valence-electron chi connectivity index (χ4n) is 2.77. The molecule has 25 heavy (non-hydrogen) atoms. The van der Waals surface area contributed by atoms with E-state index in [1.54, 1.807) is 11.0 Å². The summed E-state index contributed by atoms with van der Waals surface area (Å²) in [6, 6.07) is 16.5. The van der Waals surface area contributed by atoms with Crippen LogP contribution in [-0.4, -0.2) is 31.6 Å². The first-order chi connectivity index (χ1) is 12.2. The van der Waals surface area contributed by atoms with Crippen LogP contribution >= 0.6 is 0 Å². The molecule has 0 aromatic heterocycles. The molecule has 0 saturated carbocycles. The predicted molar refractivity (Wildman–Crippen MR) is 95.3 cm³/mol. The molecule has 0 radical (unpaired) electrons. The number of hydrogen-bond acceptors (Lipinski definition) is 4. The highest BCUT2D eigenvalue weighted by Gasteiger charge is 2.32. The molecule has 5 nitrogen and oxygen atoms in total. The van der Waals surface area contributed by atoms with Gasteiger partial charge in [-0.15, -0.1) is 0 Å². The zero-order chi connectivity index (χ0) is 17.6. The van der Waals surface area contributed by atoms with Crippen LogP contribution in [0.3, 0.4) is 0 Å². The third-order valence-corrected chi connectivity index (χ3v) is 4.01. The van der Waals surface area contributed by atoms with Crippen LogP contribution in [0.2, 0.25) is 0 Å². The monoisotopic (exact) mass is 337 g/mol. The lowest BCUT2D eigenvalue weighted by Crippen LogP contribution is -2.47. The Morgan fingerprint density at radius 1 is 1.16 bits per heavy atom. The van der Waals surface area contributed by atoms with Crippen LogP contribution in [0.4, 0.5) is 5.69 Å². The van der Waals surface area contributed by atoms with Gasteiger partial charge in [-0.2, -0.15) is 0 Å². The molecule has 2 aromatic rings. The van der Waals surface area contributed by atoms with Crippen molar-refractivity contribution in [1.29, 1.82) is 0 Å². The lowest BCUT2D eigenvalue weighted by molar-refractivity contribution is -0.141. The minimum atomic E-state index is -0.407. The summed E-state index contributed by atoms with van der Waals surface area (Å²) < 4.78 is 10.4. The van der Waals surface area contributed by atoms with E-state index >= 15 is 0 Å². The zero-order valence-electron chi connectivity index (χ0n) is 13.9. The number of amides is 1. The first-order valence-electron chi connectivity index (χ1n) is 8.04. The van der Waals surface area contributed by atoms with Crippen molar-refractivity contribution in [3.8, 4) is 5.75 Å². The Labute approximate surface area is 146 Å². The molecule has 1 amide bonds. The van der Waals surface area contributed by atoms with Gasteiger partial charge in [0.05, 0.1) is 25.3 Å². The van der Waals surface area contributed by atoms with Gasteiger partial charge < -0.3 is 9.47 Å². The number of carbonyl (C=O) groups excluding carboxylic acids is 2. The number of nitrogens with zero attached hydrogens (tertiary/aromatic N) is 1. The van der Waals surface area contributed by atoms with E-state index in [1.807, 2.05) is 54.6 Å². The lowest BCUT2D eigenvalue weighted by Gasteiger charge is -2.35. The first-order valence-corrected chi connectivity index (χ1v) is 8.04. The number of ether oxygens (including phenoxy) is 2. The fraction of sp³-hybridized carbons (Fsp3) is 0.200. The number of carbonyl (C=O) groups is 2. The molecule has 0 N–H and O–H groups in total. The Hall–Kier alpha value is -3.08. The smallest absolute Gasteiger partial charge is 0.307 e. The topological polar surface area (TPSA) is 55.8 Å². The van der Waals surface area contributed by atoms with E-state index < -0.39 is 6.04 Å². The predicted octanol–water partition coefficient (Wildman–Crippen LogP) is 3.06. The van der Waals surface area contributed by atoms with E-state index in [-0.39, 0.29) is 24.9 Å². The van der Waals surface area contributed by atoms with Crippen molar-refractivity contribution >= 4 is 23.6 Å². The van der Waals surface area contributed by atoms with Crippen LogP contribution in [0.15, 0.2) is 60.7 Å². The summed E-state index contributed by atoms with van der Waals surface area (Å²) in [6.45, 7) is 0.247. The molecule has 3 rings (SSSR count). The van der Waals surface area contributed by atoms with E-state index in [2.05, 4.69) is 0 Å². The van der Waals surface area contributed by atoms with Gasteiger partial charge in [-0.05, 0) is 23.8 Å². The van der Waals surface area contributed by atoms with Crippen molar-refractivity contribution in [3.63, 3.8) is 0 Å². The summed E-state index contributed by atoms with van der Waals surface area (Å²) in [5.41, 5.74) is 1.59. The summed E-state index contributed by atoms with van der Waals surface area (Å²) in [5.74, 6) is 0.0522. The van der Waals surface area contributed by atoms with Gasteiger partial charge in [0.15, 0.2) is 0 Å². The molecular weight excluding hydrogens is 318 g/mol. The van der Waals surface area contributed by atoms with Gasteiger partial charge in [-0.25, -0.2) is 0 Å². The largest absolute Gasteiger partial charge is 0.489 e. The maximum absolute atomic E-state index is 12.8. The van der Waals surface area contributed by atoms with Gasteiger partial charge in [0.25, 0.3) is 5.91 Å². The molecule has 0 fully saturated rings. The fourth-order valence-corrected chi connectivity index (χ4v) is 2.77. The Morgan fingerprint density at radius 2 is 1.88 bits per heavy atom. The van der Waals surface area contributed by atoms with Gasteiger partial charge in [-0.1, -0.05) is 42.5 Å². The Bertz CT molecular complexity index is 785. The molecule has 5 heteroatoms. The summed E-state index contributed by atoms with van der Waals surface area (Å²) in [6.07, 6.45) is 3.35. The molecule has 2 aromatic carbocycles. The third-order valence-electron chi connectivity index (χ3n) is 4.01. The number of benzene rings is 2. The molecule has 0 bridgehead atoms. The van der Waals surface area contributed by atoms with Gasteiger partial charge in [0.1, 0.15) is 12.4 Å². The second-order valence-corrected chi connectivity index (χ2v) is 5.67. The molecule has 1 aliphatic rings. The average Bonchev–Trinajstić information content (AvgIpc) is 2.66. The maximum Gasteiger partial charge on any atom is 0.307 e. The molecule has 128 valence electrons. The molecule has 1 heterocycles. The molecule has 1 aliphatic heterocycles. The first kappa shape index (κ1) is 16.8. The average molecular weight is 337 g/mol. The van der Waals surface area contributed by atoms with E-state index in [0.717, 1.165) is 5.56 Å². The van der Waals surface area contributed by atoms with E-state index in [0.29, 0.717) is 11.4 Å². The molecular formula is C20H19NO4.